The Morgan fingerprint density at radius 3 is 2.22 bits per heavy atom. The van der Waals surface area contributed by atoms with E-state index >= 15 is 0 Å². The summed E-state index contributed by atoms with van der Waals surface area (Å²) in [5.41, 5.74) is 0.442. The second kappa shape index (κ2) is 11.1. The molecular weight excluding hydrogens is 531 g/mol. The van der Waals surface area contributed by atoms with Crippen LogP contribution in [0.4, 0.5) is 14.6 Å². The topological polar surface area (TPSA) is 89.0 Å². The maximum absolute atomic E-state index is 13.2. The Bertz CT molecular complexity index is 1270. The molecular formula is C26H35N3O5S3. The Hall–Kier alpha value is -2.50. The molecule has 0 unspecified atom stereocenters. The zero-order chi connectivity index (χ0) is 27.7. The van der Waals surface area contributed by atoms with Gasteiger partial charge in [-0.15, -0.1) is 22.7 Å². The molecule has 0 spiro atoms. The molecule has 0 saturated carbocycles. The molecule has 202 valence electrons. The van der Waals surface area contributed by atoms with Crippen LogP contribution in [0.15, 0.2) is 17.5 Å². The highest BCUT2D eigenvalue weighted by atomic mass is 32.1. The lowest BCUT2D eigenvalue weighted by Gasteiger charge is -2.29. The van der Waals surface area contributed by atoms with Crippen molar-refractivity contribution in [1.82, 2.24) is 9.27 Å². The first-order valence-corrected chi connectivity index (χ1v) is 14.5. The molecule has 3 aromatic rings. The Balaban J connectivity index is 1.94. The summed E-state index contributed by atoms with van der Waals surface area (Å²) in [5, 5.41) is 2.70. The van der Waals surface area contributed by atoms with E-state index in [0.717, 1.165) is 35.4 Å². The van der Waals surface area contributed by atoms with Gasteiger partial charge in [0.15, 0.2) is 0 Å². The summed E-state index contributed by atoms with van der Waals surface area (Å²) in [7, 11) is 0. The third-order valence-corrected chi connectivity index (χ3v) is 8.41. The fraction of sp³-hybridized carbons (Fsp3) is 0.538. The highest BCUT2D eigenvalue weighted by molar-refractivity contribution is 7.25. The van der Waals surface area contributed by atoms with Crippen molar-refractivity contribution in [1.29, 1.82) is 0 Å². The van der Waals surface area contributed by atoms with Crippen LogP contribution in [0.3, 0.4) is 0 Å². The van der Waals surface area contributed by atoms with Gasteiger partial charge in [-0.3, -0.25) is 9.69 Å². The van der Waals surface area contributed by atoms with Crippen LogP contribution in [-0.2, 0) is 27.2 Å². The minimum Gasteiger partial charge on any atom is -0.443 e. The van der Waals surface area contributed by atoms with Crippen molar-refractivity contribution in [3.8, 4) is 0 Å². The van der Waals surface area contributed by atoms with Gasteiger partial charge in [0.1, 0.15) is 21.7 Å². The predicted molar refractivity (Wildman–Crippen MR) is 151 cm³/mol. The summed E-state index contributed by atoms with van der Waals surface area (Å²) >= 11 is 4.37. The number of carbonyl (C=O) groups excluding carboxylic acids is 3. The monoisotopic (exact) mass is 565 g/mol. The smallest absolute Gasteiger partial charge is 0.417 e. The van der Waals surface area contributed by atoms with Gasteiger partial charge in [0, 0.05) is 29.1 Å². The zero-order valence-electron chi connectivity index (χ0n) is 22.8. The number of nitrogens with zero attached hydrogens (tertiary/aromatic N) is 3. The summed E-state index contributed by atoms with van der Waals surface area (Å²) < 4.78 is 16.7. The molecule has 3 aromatic heterocycles. The Labute approximate surface area is 230 Å². The van der Waals surface area contributed by atoms with Gasteiger partial charge in [0.25, 0.3) is 0 Å². The molecule has 1 atom stereocenters. The Morgan fingerprint density at radius 2 is 1.68 bits per heavy atom. The molecule has 0 radical (unpaired) electrons. The second-order valence-electron chi connectivity index (χ2n) is 10.9. The average Bonchev–Trinajstić information content (AvgIpc) is 3.43. The molecule has 0 fully saturated rings. The number of amides is 3. The van der Waals surface area contributed by atoms with Crippen molar-refractivity contribution >= 4 is 67.5 Å². The number of thiophene rings is 2. The molecule has 0 aromatic carbocycles. The number of carbonyl (C=O) groups is 3. The summed E-state index contributed by atoms with van der Waals surface area (Å²) in [4.78, 5) is 43.2. The van der Waals surface area contributed by atoms with Crippen molar-refractivity contribution in [2.45, 2.75) is 92.5 Å². The number of fused-ring (bicyclic) bond motifs is 1. The first kappa shape index (κ1) is 29.1. The van der Waals surface area contributed by atoms with Crippen LogP contribution in [0, 0.1) is 6.92 Å². The van der Waals surface area contributed by atoms with Gasteiger partial charge in [-0.2, -0.15) is 4.37 Å². The molecule has 0 bridgehead atoms. The maximum Gasteiger partial charge on any atom is 0.417 e. The van der Waals surface area contributed by atoms with Gasteiger partial charge >= 0.3 is 12.2 Å². The van der Waals surface area contributed by atoms with E-state index in [1.165, 1.54) is 29.8 Å². The van der Waals surface area contributed by atoms with E-state index in [1.54, 1.807) is 37.0 Å². The van der Waals surface area contributed by atoms with Crippen molar-refractivity contribution in [2.75, 3.05) is 4.90 Å². The molecule has 3 heterocycles. The SMILES string of the molecule is CC(=O)N(C(=O)OC(C)(C)C)[C@@H](C)Cc1sc2c(N(Cc3cccs3)C(=O)OC(C)(C)C)snc2c1C. The molecule has 0 aliphatic rings. The lowest BCUT2D eigenvalue weighted by Crippen LogP contribution is -2.45. The summed E-state index contributed by atoms with van der Waals surface area (Å²) in [6, 6.07) is 3.52. The van der Waals surface area contributed by atoms with Gasteiger partial charge in [-0.1, -0.05) is 6.07 Å². The number of rotatable bonds is 6. The van der Waals surface area contributed by atoms with Crippen LogP contribution in [0.1, 0.15) is 70.7 Å². The molecule has 3 amide bonds. The van der Waals surface area contributed by atoms with E-state index < -0.39 is 29.4 Å². The van der Waals surface area contributed by atoms with E-state index in [-0.39, 0.29) is 5.91 Å². The van der Waals surface area contributed by atoms with Crippen molar-refractivity contribution in [3.63, 3.8) is 0 Å². The van der Waals surface area contributed by atoms with Gasteiger partial charge < -0.3 is 9.47 Å². The normalized spacial score (nSPS) is 12.9. The molecule has 3 rings (SSSR count). The number of hydrogen-bond acceptors (Lipinski definition) is 9. The summed E-state index contributed by atoms with van der Waals surface area (Å²) in [6.07, 6.45) is -0.637. The molecule has 0 N–H and O–H groups in total. The number of aromatic nitrogens is 1. The average molecular weight is 566 g/mol. The van der Waals surface area contributed by atoms with Crippen LogP contribution in [0.5, 0.6) is 0 Å². The Kier molecular flexibility index (Phi) is 8.71. The third-order valence-electron chi connectivity index (χ3n) is 5.24. The lowest BCUT2D eigenvalue weighted by molar-refractivity contribution is -0.129. The first-order valence-electron chi connectivity index (χ1n) is 12.0. The van der Waals surface area contributed by atoms with E-state index in [1.807, 2.05) is 52.1 Å². The van der Waals surface area contributed by atoms with Crippen LogP contribution in [0.25, 0.3) is 10.2 Å². The van der Waals surface area contributed by atoms with Crippen molar-refractivity contribution in [3.05, 3.63) is 32.8 Å². The minimum absolute atomic E-state index is 0.372. The highest BCUT2D eigenvalue weighted by Gasteiger charge is 2.32. The van der Waals surface area contributed by atoms with E-state index in [2.05, 4.69) is 4.37 Å². The predicted octanol–water partition coefficient (Wildman–Crippen LogP) is 7.38. The molecule has 0 aliphatic carbocycles. The molecule has 0 saturated heterocycles. The van der Waals surface area contributed by atoms with Gasteiger partial charge in [-0.05, 0) is 83.9 Å². The molecule has 11 heteroatoms. The number of aryl methyl sites for hydroxylation is 1. The van der Waals surface area contributed by atoms with Crippen molar-refractivity contribution < 1.29 is 23.9 Å². The lowest BCUT2D eigenvalue weighted by atomic mass is 10.1. The van der Waals surface area contributed by atoms with Gasteiger partial charge in [-0.25, -0.2) is 14.5 Å². The number of hydrogen-bond donors (Lipinski definition) is 0. The van der Waals surface area contributed by atoms with Crippen LogP contribution in [-0.4, -0.2) is 44.6 Å². The third kappa shape index (κ3) is 7.30. The Morgan fingerprint density at radius 1 is 1.05 bits per heavy atom. The maximum atomic E-state index is 13.2. The second-order valence-corrected chi connectivity index (χ2v) is 13.8. The van der Waals surface area contributed by atoms with E-state index in [9.17, 15) is 14.4 Å². The highest BCUT2D eigenvalue weighted by Crippen LogP contribution is 2.42. The first-order chi connectivity index (χ1) is 17.1. The number of imide groups is 1. The van der Waals surface area contributed by atoms with Crippen LogP contribution < -0.4 is 4.90 Å². The standard InChI is InChI=1S/C26H35N3O5S3/c1-15(29(17(3)30)24(32)34-26(7,8)9)13-19-16(2)20-21(36-19)22(37-27-20)28(14-18-11-10-12-35-18)23(31)33-25(4,5)6/h10-12,15H,13-14H2,1-9H3/t15-/m0/s1. The number of anilines is 1. The zero-order valence-corrected chi connectivity index (χ0v) is 25.3. The minimum atomic E-state index is -0.710. The largest absolute Gasteiger partial charge is 0.443 e. The summed E-state index contributed by atoms with van der Waals surface area (Å²) in [6.45, 7) is 16.4. The van der Waals surface area contributed by atoms with E-state index in [4.69, 9.17) is 9.47 Å². The molecule has 37 heavy (non-hydrogen) atoms. The van der Waals surface area contributed by atoms with Crippen LogP contribution in [0.2, 0.25) is 0 Å². The molecule has 8 nitrogen and oxygen atoms in total. The quantitative estimate of drug-likeness (QED) is 0.310. The fourth-order valence-corrected chi connectivity index (χ4v) is 6.81. The summed E-state index contributed by atoms with van der Waals surface area (Å²) in [5.74, 6) is -0.372. The fourth-order valence-electron chi connectivity index (χ4n) is 3.69. The van der Waals surface area contributed by atoms with Gasteiger partial charge in [0.05, 0.1) is 11.2 Å². The van der Waals surface area contributed by atoms with Crippen molar-refractivity contribution in [2.24, 2.45) is 0 Å². The number of ether oxygens (including phenoxy) is 2. The van der Waals surface area contributed by atoms with E-state index in [0.29, 0.717) is 13.0 Å². The van der Waals surface area contributed by atoms with Gasteiger partial charge in [0.2, 0.25) is 5.91 Å². The van der Waals surface area contributed by atoms with Crippen LogP contribution >= 0.6 is 34.2 Å². The molecule has 0 aliphatic heterocycles.